The number of ether oxygens (including phenoxy) is 1. The summed E-state index contributed by atoms with van der Waals surface area (Å²) < 4.78 is 5.37. The number of carbonyl (C=O) groups is 1. The number of carbonyl (C=O) groups excluding carboxylic acids is 1. The van der Waals surface area contributed by atoms with Crippen molar-refractivity contribution in [1.82, 2.24) is 14.7 Å². The van der Waals surface area contributed by atoms with Crippen LogP contribution in [0.5, 0.6) is 0 Å². The van der Waals surface area contributed by atoms with E-state index in [-0.39, 0.29) is 6.10 Å². The molecule has 2 atom stereocenters. The molecule has 116 valence electrons. The Balaban J connectivity index is 0. The number of amides is 1. The van der Waals surface area contributed by atoms with Gasteiger partial charge in [0.2, 0.25) is 6.41 Å². The van der Waals surface area contributed by atoms with Crippen LogP contribution in [0.15, 0.2) is 0 Å². The zero-order valence-electron chi connectivity index (χ0n) is 14.0. The Kier molecular flexibility index (Phi) is 13.5. The van der Waals surface area contributed by atoms with Crippen molar-refractivity contribution in [2.45, 2.75) is 32.4 Å². The third kappa shape index (κ3) is 9.87. The standard InChI is InChI=1S/C9H18N2O2.C3H9N.C2H6/c1-10(2)8-6-11(7-12)5-4-9(8)13-3;1-4(2)3;1-2/h7-9H,4-6H2,1-3H3;1-3H3;1-2H3. The van der Waals surface area contributed by atoms with Crippen LogP contribution in [0.2, 0.25) is 0 Å². The zero-order chi connectivity index (χ0) is 15.4. The highest BCUT2D eigenvalue weighted by atomic mass is 16.5. The van der Waals surface area contributed by atoms with Gasteiger partial charge in [0.05, 0.1) is 12.1 Å². The van der Waals surface area contributed by atoms with Gasteiger partial charge in [0.25, 0.3) is 0 Å². The van der Waals surface area contributed by atoms with Crippen molar-refractivity contribution in [3.63, 3.8) is 0 Å². The average molecular weight is 275 g/mol. The van der Waals surface area contributed by atoms with Crippen LogP contribution in [0, 0.1) is 0 Å². The van der Waals surface area contributed by atoms with E-state index in [9.17, 15) is 4.79 Å². The summed E-state index contributed by atoms with van der Waals surface area (Å²) in [6, 6.07) is 0.323. The lowest BCUT2D eigenvalue weighted by Gasteiger charge is -2.39. The molecule has 0 aromatic carbocycles. The molecule has 19 heavy (non-hydrogen) atoms. The Morgan fingerprint density at radius 2 is 1.63 bits per heavy atom. The molecular weight excluding hydrogens is 242 g/mol. The highest BCUT2D eigenvalue weighted by molar-refractivity contribution is 5.47. The highest BCUT2D eigenvalue weighted by Crippen LogP contribution is 2.15. The normalized spacial score (nSPS) is 22.3. The van der Waals surface area contributed by atoms with Gasteiger partial charge in [0.15, 0.2) is 0 Å². The molecule has 2 unspecified atom stereocenters. The number of hydrogen-bond acceptors (Lipinski definition) is 4. The SMILES string of the molecule is CC.CN(C)C.COC1CCN(C=O)CC1N(C)C. The van der Waals surface area contributed by atoms with Crippen molar-refractivity contribution in [3.05, 3.63) is 0 Å². The largest absolute Gasteiger partial charge is 0.380 e. The van der Waals surface area contributed by atoms with E-state index in [0.29, 0.717) is 6.04 Å². The molecule has 0 N–H and O–H groups in total. The van der Waals surface area contributed by atoms with Crippen LogP contribution in [0.4, 0.5) is 0 Å². The van der Waals surface area contributed by atoms with Gasteiger partial charge in [0, 0.05) is 20.2 Å². The molecule has 0 radical (unpaired) electrons. The molecule has 1 aliphatic rings. The molecular formula is C14H33N3O2. The van der Waals surface area contributed by atoms with Crippen molar-refractivity contribution in [1.29, 1.82) is 0 Å². The molecule has 0 spiro atoms. The first kappa shape index (κ1) is 20.7. The smallest absolute Gasteiger partial charge is 0.209 e. The van der Waals surface area contributed by atoms with Gasteiger partial charge in [0.1, 0.15) is 0 Å². The Hall–Kier alpha value is -0.650. The molecule has 1 amide bonds. The molecule has 5 nitrogen and oxygen atoms in total. The number of methoxy groups -OCH3 is 1. The van der Waals surface area contributed by atoms with E-state index in [1.807, 2.05) is 54.0 Å². The number of piperidine rings is 1. The molecule has 0 aromatic heterocycles. The first-order chi connectivity index (χ1) is 8.92. The van der Waals surface area contributed by atoms with Gasteiger partial charge in [-0.2, -0.15) is 0 Å². The summed E-state index contributed by atoms with van der Waals surface area (Å²) in [5.74, 6) is 0. The fourth-order valence-electron chi connectivity index (χ4n) is 1.80. The molecule has 1 fully saturated rings. The lowest BCUT2D eigenvalue weighted by molar-refractivity contribution is -0.122. The second-order valence-corrected chi connectivity index (χ2v) is 5.04. The van der Waals surface area contributed by atoms with Gasteiger partial charge < -0.3 is 19.4 Å². The molecule has 1 heterocycles. The minimum Gasteiger partial charge on any atom is -0.380 e. The van der Waals surface area contributed by atoms with Crippen LogP contribution in [0.1, 0.15) is 20.3 Å². The quantitative estimate of drug-likeness (QED) is 0.720. The molecule has 1 rings (SSSR count). The zero-order valence-corrected chi connectivity index (χ0v) is 14.0. The summed E-state index contributed by atoms with van der Waals surface area (Å²) >= 11 is 0. The maximum absolute atomic E-state index is 10.6. The van der Waals surface area contributed by atoms with Crippen molar-refractivity contribution in [3.8, 4) is 0 Å². The lowest BCUT2D eigenvalue weighted by Crippen LogP contribution is -2.53. The molecule has 1 saturated heterocycles. The van der Waals surface area contributed by atoms with E-state index >= 15 is 0 Å². The summed E-state index contributed by atoms with van der Waals surface area (Å²) in [6.45, 7) is 5.58. The third-order valence-corrected chi connectivity index (χ3v) is 2.67. The van der Waals surface area contributed by atoms with Gasteiger partial charge in [-0.1, -0.05) is 13.8 Å². The first-order valence-corrected chi connectivity index (χ1v) is 6.91. The minimum atomic E-state index is 0.256. The fourth-order valence-corrected chi connectivity index (χ4v) is 1.80. The molecule has 0 bridgehead atoms. The Bertz CT molecular complexity index is 208. The van der Waals surface area contributed by atoms with Gasteiger partial charge in [-0.05, 0) is 41.7 Å². The molecule has 1 aliphatic heterocycles. The van der Waals surface area contributed by atoms with Gasteiger partial charge >= 0.3 is 0 Å². The van der Waals surface area contributed by atoms with E-state index in [0.717, 1.165) is 25.9 Å². The Morgan fingerprint density at radius 1 is 1.16 bits per heavy atom. The van der Waals surface area contributed by atoms with Crippen LogP contribution >= 0.6 is 0 Å². The van der Waals surface area contributed by atoms with Gasteiger partial charge in [-0.15, -0.1) is 0 Å². The Morgan fingerprint density at radius 3 is 1.95 bits per heavy atom. The maximum Gasteiger partial charge on any atom is 0.209 e. The summed E-state index contributed by atoms with van der Waals surface area (Å²) in [4.78, 5) is 16.5. The predicted molar refractivity (Wildman–Crippen MR) is 81.5 cm³/mol. The second-order valence-electron chi connectivity index (χ2n) is 5.04. The third-order valence-electron chi connectivity index (χ3n) is 2.67. The summed E-state index contributed by atoms with van der Waals surface area (Å²) in [5, 5.41) is 0. The van der Waals surface area contributed by atoms with Crippen LogP contribution < -0.4 is 0 Å². The van der Waals surface area contributed by atoms with Gasteiger partial charge in [-0.3, -0.25) is 4.79 Å². The van der Waals surface area contributed by atoms with Crippen LogP contribution in [-0.2, 0) is 9.53 Å². The molecule has 0 saturated carbocycles. The first-order valence-electron chi connectivity index (χ1n) is 6.91. The van der Waals surface area contributed by atoms with E-state index < -0.39 is 0 Å². The Labute approximate surface area is 119 Å². The minimum absolute atomic E-state index is 0.256. The fraction of sp³-hybridized carbons (Fsp3) is 0.929. The average Bonchev–Trinajstić information content (AvgIpc) is 2.39. The number of likely N-dealkylation sites (tertiary alicyclic amines) is 1. The van der Waals surface area contributed by atoms with E-state index in [4.69, 9.17) is 4.74 Å². The molecule has 0 aliphatic carbocycles. The van der Waals surface area contributed by atoms with Crippen molar-refractivity contribution in [2.75, 3.05) is 55.4 Å². The monoisotopic (exact) mass is 275 g/mol. The van der Waals surface area contributed by atoms with E-state index in [2.05, 4.69) is 4.90 Å². The van der Waals surface area contributed by atoms with Crippen molar-refractivity contribution in [2.24, 2.45) is 0 Å². The highest BCUT2D eigenvalue weighted by Gasteiger charge is 2.29. The van der Waals surface area contributed by atoms with Crippen molar-refractivity contribution < 1.29 is 9.53 Å². The van der Waals surface area contributed by atoms with Crippen LogP contribution in [-0.4, -0.2) is 88.7 Å². The van der Waals surface area contributed by atoms with Crippen molar-refractivity contribution >= 4 is 6.41 Å². The summed E-state index contributed by atoms with van der Waals surface area (Å²) in [5.41, 5.74) is 0. The lowest BCUT2D eigenvalue weighted by atomic mass is 10.0. The van der Waals surface area contributed by atoms with Crippen LogP contribution in [0.3, 0.4) is 0 Å². The van der Waals surface area contributed by atoms with E-state index in [1.54, 1.807) is 12.0 Å². The number of nitrogens with zero attached hydrogens (tertiary/aromatic N) is 3. The van der Waals surface area contributed by atoms with Crippen LogP contribution in [0.25, 0.3) is 0 Å². The number of likely N-dealkylation sites (N-methyl/N-ethyl adjacent to an activating group) is 1. The second kappa shape index (κ2) is 12.4. The predicted octanol–water partition coefficient (Wildman–Crippen LogP) is 0.998. The summed E-state index contributed by atoms with van der Waals surface area (Å²) in [6.07, 6.45) is 2.10. The summed E-state index contributed by atoms with van der Waals surface area (Å²) in [7, 11) is 11.8. The van der Waals surface area contributed by atoms with E-state index in [1.165, 1.54) is 0 Å². The number of hydrogen-bond donors (Lipinski definition) is 0. The molecule has 0 aromatic rings. The number of rotatable bonds is 3. The maximum atomic E-state index is 10.6. The topological polar surface area (TPSA) is 36.0 Å². The van der Waals surface area contributed by atoms with Gasteiger partial charge in [-0.25, -0.2) is 0 Å². The molecule has 5 heteroatoms.